The number of esters is 1. The lowest BCUT2D eigenvalue weighted by Gasteiger charge is -2.54. The molecular formula is C52H81ClO17. The van der Waals surface area contributed by atoms with Gasteiger partial charge in [0.25, 0.3) is 0 Å². The van der Waals surface area contributed by atoms with Crippen LogP contribution >= 0.6 is 11.6 Å². The molecule has 0 unspecified atom stereocenters. The number of carboxylic acids is 1. The van der Waals surface area contributed by atoms with Gasteiger partial charge < -0.3 is 73.3 Å². The number of fused-ring (bicyclic) bond motifs is 6. The van der Waals surface area contributed by atoms with Crippen molar-refractivity contribution in [3.8, 4) is 0 Å². The first-order chi connectivity index (χ1) is 33.4. The van der Waals surface area contributed by atoms with Gasteiger partial charge >= 0.3 is 11.9 Å². The van der Waals surface area contributed by atoms with E-state index in [0.717, 1.165) is 6.42 Å². The van der Waals surface area contributed by atoms with Crippen LogP contribution in [0.15, 0.2) is 36.5 Å². The van der Waals surface area contributed by atoms with Crippen LogP contribution in [0.2, 0.25) is 0 Å². The normalized spacial score (nSPS) is 46.2. The lowest BCUT2D eigenvalue weighted by molar-refractivity contribution is -0.413. The number of carbonyl (C=O) groups is 2. The van der Waals surface area contributed by atoms with Crippen molar-refractivity contribution in [2.75, 3.05) is 14.2 Å². The molecule has 21 atom stereocenters. The molecule has 0 aromatic carbocycles. The average Bonchev–Trinajstić information content (AvgIpc) is 3.66. The second-order valence-electron chi connectivity index (χ2n) is 21.4. The van der Waals surface area contributed by atoms with Gasteiger partial charge in [0.15, 0.2) is 23.5 Å². The minimum atomic E-state index is -1.47. The number of methoxy groups -OCH3 is 2. The molecule has 6 N–H and O–H groups in total. The zero-order valence-corrected chi connectivity index (χ0v) is 42.4. The first-order valence-corrected chi connectivity index (χ1v) is 26.4. The van der Waals surface area contributed by atoms with Gasteiger partial charge in [0, 0.05) is 64.6 Å². The topological polar surface area (TPSA) is 239 Å². The van der Waals surface area contributed by atoms with Crippen molar-refractivity contribution in [1.82, 2.24) is 0 Å². The first-order valence-electron chi connectivity index (χ1n) is 25.9. The number of aliphatic carboxylic acids is 1. The summed E-state index contributed by atoms with van der Waals surface area (Å²) in [4.78, 5) is 24.9. The summed E-state index contributed by atoms with van der Waals surface area (Å²) in [6, 6.07) is 0. The van der Waals surface area contributed by atoms with Gasteiger partial charge in [0.05, 0.1) is 66.7 Å². The largest absolute Gasteiger partial charge is 0.479 e. The molecule has 0 aromatic heterocycles. The fourth-order valence-corrected chi connectivity index (χ4v) is 12.1. The van der Waals surface area contributed by atoms with Crippen molar-refractivity contribution in [1.29, 1.82) is 0 Å². The predicted octanol–water partition coefficient (Wildman–Crippen LogP) is 5.52. The number of allylic oxidation sites excluding steroid dienone is 2. The standard InChI is InChI=1S/C52H81ClO17/c1-30-18-21-50-23-20-40(62-4)48(69-50)47(59)46(58)31(2)16-17-39-45(53)43(63-5)28-51(66-39)22-19-32(3)52(70-51)29-42(38(68-52)15-10-8-6-7-9-14-37(56)49(60)61)65-44(57)27-36-13-11-12-35(64-36)25-33(54)24-34(55)26-41(30)67-50/h7-10,18,21,30-43,45-48,54-56,58-59H,6,11-17,19-20,22-29H2,1-5H3,(H,60,61)/b9-7?,10-8+/t30-,31-,32-,33-,34-,35-,36+,37+,38-,39+,40-,41+,42-,43+,45+,46-,47-,48-,50-,51+,52+/m0/s1. The van der Waals surface area contributed by atoms with E-state index in [4.69, 9.17) is 59.3 Å². The molecule has 0 amide bonds. The fraction of sp³-hybridized carbons (Fsp3) is 0.846. The van der Waals surface area contributed by atoms with E-state index in [1.165, 1.54) is 0 Å². The number of ether oxygens (including phenoxy) is 9. The third-order valence-electron chi connectivity index (χ3n) is 16.1. The van der Waals surface area contributed by atoms with Gasteiger partial charge in [-0.05, 0) is 82.6 Å². The number of alkyl halides is 1. The monoisotopic (exact) mass is 1010 g/mol. The Balaban J connectivity index is 1.13. The van der Waals surface area contributed by atoms with Crippen LogP contribution < -0.4 is 0 Å². The molecule has 6 saturated heterocycles. The SMILES string of the molecule is CO[C@H]1CC[C@]23C=C[C@H](C)[C@@H](C[C@@H](O)C[C@H](O)C[C@@H]4CCC[C@H](CC(=O)O[C@H]5C[C@@]6(O[C@H]5C/C=C/CC=CC[C@@H](O)C(=O)O)O[C@]5(CC[C@@H]6C)C[C@@H](OC)[C@H](Cl)[C@@H](CC[C@H](C)[C@H](O)[C@H](O)[C@H]1O2)O5)O4)O3. The Labute approximate surface area is 418 Å². The number of halogens is 1. The van der Waals surface area contributed by atoms with E-state index in [9.17, 15) is 35.1 Å². The number of carboxylic acid groups (broad SMARTS) is 1. The number of carbonyl (C=O) groups excluding carboxylic acids is 1. The van der Waals surface area contributed by atoms with Gasteiger partial charge in [-0.1, -0.05) is 51.2 Å². The second-order valence-corrected chi connectivity index (χ2v) is 21.9. The van der Waals surface area contributed by atoms with E-state index in [1.54, 1.807) is 26.4 Å². The lowest BCUT2D eigenvalue weighted by atomic mass is 9.82. The van der Waals surface area contributed by atoms with Crippen LogP contribution in [0.5, 0.6) is 0 Å². The summed E-state index contributed by atoms with van der Waals surface area (Å²) >= 11 is 7.14. The summed E-state index contributed by atoms with van der Waals surface area (Å²) in [5.41, 5.74) is 0. The highest BCUT2D eigenvalue weighted by Crippen LogP contribution is 2.53. The molecule has 7 aliphatic rings. The Bertz CT molecular complexity index is 1800. The maximum atomic E-state index is 13.9. The Morgan fingerprint density at radius 1 is 0.814 bits per heavy atom. The minimum absolute atomic E-state index is 0.0103. The Kier molecular flexibility index (Phi) is 19.5. The molecule has 9 bridgehead atoms. The number of hydrogen-bond acceptors (Lipinski definition) is 16. The molecule has 7 heterocycles. The molecule has 17 nitrogen and oxygen atoms in total. The maximum absolute atomic E-state index is 13.9. The van der Waals surface area contributed by atoms with Gasteiger partial charge in [-0.3, -0.25) is 4.79 Å². The van der Waals surface area contributed by atoms with Gasteiger partial charge in [-0.15, -0.1) is 11.6 Å². The van der Waals surface area contributed by atoms with Gasteiger partial charge in [-0.25, -0.2) is 4.79 Å². The molecule has 0 aromatic rings. The third-order valence-corrected chi connectivity index (χ3v) is 16.6. The lowest BCUT2D eigenvalue weighted by Crippen LogP contribution is -2.61. The smallest absolute Gasteiger partial charge is 0.332 e. The van der Waals surface area contributed by atoms with Crippen LogP contribution in [0.1, 0.15) is 136 Å². The molecule has 70 heavy (non-hydrogen) atoms. The summed E-state index contributed by atoms with van der Waals surface area (Å²) in [6.07, 6.45) is 7.36. The van der Waals surface area contributed by atoms with E-state index in [0.29, 0.717) is 70.6 Å². The first kappa shape index (κ1) is 55.7. The molecule has 0 aliphatic carbocycles. The summed E-state index contributed by atoms with van der Waals surface area (Å²) in [5, 5.41) is 64.3. The van der Waals surface area contributed by atoms with Crippen molar-refractivity contribution in [2.24, 2.45) is 17.8 Å². The van der Waals surface area contributed by atoms with Crippen molar-refractivity contribution in [2.45, 2.75) is 245 Å². The van der Waals surface area contributed by atoms with E-state index in [-0.39, 0.29) is 56.5 Å². The minimum Gasteiger partial charge on any atom is -0.479 e. The fourth-order valence-electron chi connectivity index (χ4n) is 11.8. The Morgan fingerprint density at radius 3 is 2.31 bits per heavy atom. The molecule has 7 aliphatic heterocycles. The van der Waals surface area contributed by atoms with Crippen LogP contribution in [0.4, 0.5) is 0 Å². The Morgan fingerprint density at radius 2 is 1.56 bits per heavy atom. The highest BCUT2D eigenvalue weighted by molar-refractivity contribution is 6.21. The summed E-state index contributed by atoms with van der Waals surface area (Å²) < 4.78 is 58.8. The van der Waals surface area contributed by atoms with E-state index >= 15 is 0 Å². The number of hydrogen-bond donors (Lipinski definition) is 6. The Hall–Kier alpha value is -2.07. The highest BCUT2D eigenvalue weighted by Gasteiger charge is 2.61. The van der Waals surface area contributed by atoms with Crippen molar-refractivity contribution in [3.05, 3.63) is 36.5 Å². The molecule has 7 rings (SSSR count). The molecule has 0 saturated carbocycles. The predicted molar refractivity (Wildman–Crippen MR) is 254 cm³/mol. The highest BCUT2D eigenvalue weighted by atomic mass is 35.5. The molecule has 0 radical (unpaired) electrons. The van der Waals surface area contributed by atoms with Crippen LogP contribution in [0, 0.1) is 17.8 Å². The third kappa shape index (κ3) is 13.6. The van der Waals surface area contributed by atoms with E-state index < -0.39 is 120 Å². The van der Waals surface area contributed by atoms with Gasteiger partial charge in [0.1, 0.15) is 24.4 Å². The summed E-state index contributed by atoms with van der Waals surface area (Å²) in [5.74, 6) is -5.95. The van der Waals surface area contributed by atoms with Crippen molar-refractivity contribution in [3.63, 3.8) is 0 Å². The zero-order chi connectivity index (χ0) is 50.4. The van der Waals surface area contributed by atoms with E-state index in [1.807, 2.05) is 38.2 Å². The summed E-state index contributed by atoms with van der Waals surface area (Å²) in [6.45, 7) is 5.92. The average molecular weight is 1010 g/mol. The molecule has 398 valence electrons. The van der Waals surface area contributed by atoms with Gasteiger partial charge in [-0.2, -0.15) is 0 Å². The maximum Gasteiger partial charge on any atom is 0.332 e. The molecular weight excluding hydrogens is 932 g/mol. The number of aliphatic hydroxyl groups is 5. The summed E-state index contributed by atoms with van der Waals surface area (Å²) in [7, 11) is 3.17. The second kappa shape index (κ2) is 24.5. The van der Waals surface area contributed by atoms with Crippen molar-refractivity contribution < 1.29 is 82.9 Å². The van der Waals surface area contributed by atoms with Crippen LogP contribution in [0.25, 0.3) is 0 Å². The van der Waals surface area contributed by atoms with Gasteiger partial charge in [0.2, 0.25) is 0 Å². The van der Waals surface area contributed by atoms with E-state index in [2.05, 4.69) is 6.92 Å². The van der Waals surface area contributed by atoms with Crippen LogP contribution in [0.3, 0.4) is 0 Å². The quantitative estimate of drug-likeness (QED) is 0.0947. The zero-order valence-electron chi connectivity index (χ0n) is 41.6. The van der Waals surface area contributed by atoms with Crippen molar-refractivity contribution >= 4 is 23.5 Å². The number of aliphatic hydroxyl groups excluding tert-OH is 5. The van der Waals surface area contributed by atoms with Crippen LogP contribution in [-0.2, 0) is 52.2 Å². The number of rotatable bonds is 9. The molecule has 3 spiro atoms. The molecule has 18 heteroatoms. The molecule has 6 fully saturated rings. The van der Waals surface area contributed by atoms with Crippen LogP contribution in [-0.4, -0.2) is 165 Å².